The van der Waals surface area contributed by atoms with Crippen LogP contribution in [0.5, 0.6) is 0 Å². The predicted octanol–water partition coefficient (Wildman–Crippen LogP) is 0.882. The molecule has 1 saturated carbocycles. The van der Waals surface area contributed by atoms with Crippen LogP contribution in [0.4, 0.5) is 4.79 Å². The predicted molar refractivity (Wildman–Crippen MR) is 61.5 cm³/mol. The van der Waals surface area contributed by atoms with Crippen molar-refractivity contribution in [2.45, 2.75) is 62.8 Å². The van der Waals surface area contributed by atoms with Gasteiger partial charge >= 0.3 is 6.09 Å². The molecule has 1 amide bonds. The number of rotatable bonds is 2. The van der Waals surface area contributed by atoms with Crippen LogP contribution in [0.2, 0.25) is 0 Å². The SMILES string of the molecule is CC[C@H](O)[C@@H]1N(C(=O)OC)C2CCC1(O)CC2. The minimum Gasteiger partial charge on any atom is -0.453 e. The molecule has 0 aromatic carbocycles. The van der Waals surface area contributed by atoms with Crippen LogP contribution in [0.25, 0.3) is 0 Å². The summed E-state index contributed by atoms with van der Waals surface area (Å²) in [6.45, 7) is 1.85. The minimum atomic E-state index is -0.946. The topological polar surface area (TPSA) is 70.0 Å². The lowest BCUT2D eigenvalue weighted by molar-refractivity contribution is -0.164. The zero-order chi connectivity index (χ0) is 12.6. The molecule has 0 aromatic rings. The molecule has 5 heteroatoms. The standard InChI is InChI=1S/C12H21NO4/c1-3-9(14)10-12(16)6-4-8(5-7-12)13(10)11(15)17-2/h8-10,14,16H,3-7H2,1-2H3/t8?,9-,10-,12?/m0/s1. The zero-order valence-electron chi connectivity index (χ0n) is 10.4. The highest BCUT2D eigenvalue weighted by Crippen LogP contribution is 2.44. The number of methoxy groups -OCH3 is 1. The average Bonchev–Trinajstić information content (AvgIpc) is 2.36. The van der Waals surface area contributed by atoms with E-state index in [0.717, 1.165) is 12.8 Å². The van der Waals surface area contributed by atoms with Crippen molar-refractivity contribution < 1.29 is 19.7 Å². The van der Waals surface area contributed by atoms with Crippen LogP contribution in [0, 0.1) is 0 Å². The molecule has 0 radical (unpaired) electrons. The number of amides is 1. The molecule has 1 aliphatic carbocycles. The lowest BCUT2D eigenvalue weighted by Crippen LogP contribution is -2.69. The van der Waals surface area contributed by atoms with Gasteiger partial charge in [0.2, 0.25) is 0 Å². The maximum atomic E-state index is 11.8. The van der Waals surface area contributed by atoms with E-state index in [2.05, 4.69) is 0 Å². The van der Waals surface area contributed by atoms with Gasteiger partial charge in [-0.1, -0.05) is 6.92 Å². The average molecular weight is 243 g/mol. The number of carbonyl (C=O) groups is 1. The first-order valence-electron chi connectivity index (χ1n) is 6.30. The van der Waals surface area contributed by atoms with E-state index in [0.29, 0.717) is 19.3 Å². The Bertz CT molecular complexity index is 299. The second kappa shape index (κ2) is 4.46. The number of ether oxygens (including phenoxy) is 1. The third kappa shape index (κ3) is 1.91. The van der Waals surface area contributed by atoms with Crippen molar-refractivity contribution in [2.24, 2.45) is 0 Å². The third-order valence-electron chi connectivity index (χ3n) is 4.23. The molecule has 2 N–H and O–H groups in total. The van der Waals surface area contributed by atoms with Crippen molar-refractivity contribution >= 4 is 6.09 Å². The molecule has 3 fully saturated rings. The molecule has 0 aromatic heterocycles. The van der Waals surface area contributed by atoms with E-state index in [1.807, 2.05) is 6.92 Å². The summed E-state index contributed by atoms with van der Waals surface area (Å²) in [6, 6.07) is -0.421. The van der Waals surface area contributed by atoms with Crippen LogP contribution in [0.15, 0.2) is 0 Å². The molecule has 3 rings (SSSR count). The quantitative estimate of drug-likeness (QED) is 0.755. The maximum Gasteiger partial charge on any atom is 0.410 e. The highest BCUT2D eigenvalue weighted by atomic mass is 16.5. The van der Waals surface area contributed by atoms with Crippen LogP contribution < -0.4 is 0 Å². The normalized spacial score (nSPS) is 38.0. The number of fused-ring (bicyclic) bond motifs is 3. The first kappa shape index (κ1) is 12.6. The van der Waals surface area contributed by atoms with Crippen LogP contribution in [-0.4, -0.2) is 52.1 Å². The van der Waals surface area contributed by atoms with Gasteiger partial charge < -0.3 is 14.9 Å². The van der Waals surface area contributed by atoms with Gasteiger partial charge in [-0.2, -0.15) is 0 Å². The molecule has 2 atom stereocenters. The molecule has 98 valence electrons. The van der Waals surface area contributed by atoms with Crippen molar-refractivity contribution in [2.75, 3.05) is 7.11 Å². The highest BCUT2D eigenvalue weighted by molar-refractivity contribution is 5.69. The maximum absolute atomic E-state index is 11.8. The van der Waals surface area contributed by atoms with Gasteiger partial charge in [0.05, 0.1) is 24.9 Å². The van der Waals surface area contributed by atoms with Crippen LogP contribution in [-0.2, 0) is 4.74 Å². The number of nitrogens with zero attached hydrogens (tertiary/aromatic N) is 1. The zero-order valence-corrected chi connectivity index (χ0v) is 10.4. The fourth-order valence-corrected chi connectivity index (χ4v) is 3.30. The second-order valence-corrected chi connectivity index (χ2v) is 5.13. The molecular formula is C12H21NO4. The van der Waals surface area contributed by atoms with Gasteiger partial charge in [-0.3, -0.25) is 4.90 Å². The van der Waals surface area contributed by atoms with Crippen molar-refractivity contribution in [3.63, 3.8) is 0 Å². The molecule has 3 aliphatic rings. The van der Waals surface area contributed by atoms with Crippen molar-refractivity contribution in [3.05, 3.63) is 0 Å². The Morgan fingerprint density at radius 3 is 2.59 bits per heavy atom. The van der Waals surface area contributed by atoms with Gasteiger partial charge in [0, 0.05) is 6.04 Å². The van der Waals surface area contributed by atoms with E-state index in [9.17, 15) is 15.0 Å². The molecule has 5 nitrogen and oxygen atoms in total. The number of piperidine rings is 2. The molecule has 0 unspecified atom stereocenters. The Hall–Kier alpha value is -0.810. The number of aliphatic hydroxyl groups excluding tert-OH is 1. The smallest absolute Gasteiger partial charge is 0.410 e. The van der Waals surface area contributed by atoms with Crippen LogP contribution in [0.3, 0.4) is 0 Å². The third-order valence-corrected chi connectivity index (χ3v) is 4.23. The Balaban J connectivity index is 2.30. The lowest BCUT2D eigenvalue weighted by atomic mass is 9.69. The summed E-state index contributed by atoms with van der Waals surface area (Å²) < 4.78 is 4.78. The summed E-state index contributed by atoms with van der Waals surface area (Å²) in [5.74, 6) is 0. The van der Waals surface area contributed by atoms with Crippen LogP contribution >= 0.6 is 0 Å². The monoisotopic (exact) mass is 243 g/mol. The van der Waals surface area contributed by atoms with Gasteiger partial charge in [-0.25, -0.2) is 4.79 Å². The molecule has 2 aliphatic heterocycles. The number of hydrogen-bond acceptors (Lipinski definition) is 4. The summed E-state index contributed by atoms with van der Waals surface area (Å²) in [5.41, 5.74) is -0.946. The van der Waals surface area contributed by atoms with E-state index in [-0.39, 0.29) is 6.04 Å². The van der Waals surface area contributed by atoms with Gasteiger partial charge in [0.25, 0.3) is 0 Å². The van der Waals surface area contributed by atoms with Gasteiger partial charge in [-0.15, -0.1) is 0 Å². The Kier molecular flexibility index (Phi) is 3.32. The lowest BCUT2D eigenvalue weighted by Gasteiger charge is -2.56. The van der Waals surface area contributed by atoms with E-state index in [1.165, 1.54) is 7.11 Å². The molecule has 2 saturated heterocycles. The summed E-state index contributed by atoms with van der Waals surface area (Å²) in [4.78, 5) is 13.4. The first-order valence-corrected chi connectivity index (χ1v) is 6.30. The molecule has 0 spiro atoms. The highest BCUT2D eigenvalue weighted by Gasteiger charge is 2.55. The summed E-state index contributed by atoms with van der Waals surface area (Å²) in [6.07, 6.45) is 2.29. The van der Waals surface area contributed by atoms with Gasteiger partial charge in [-0.05, 0) is 32.1 Å². The van der Waals surface area contributed by atoms with Crippen LogP contribution in [0.1, 0.15) is 39.0 Å². The number of carbonyl (C=O) groups excluding carboxylic acids is 1. The summed E-state index contributed by atoms with van der Waals surface area (Å²) in [7, 11) is 1.34. The second-order valence-electron chi connectivity index (χ2n) is 5.13. The van der Waals surface area contributed by atoms with Crippen molar-refractivity contribution in [1.29, 1.82) is 0 Å². The summed E-state index contributed by atoms with van der Waals surface area (Å²) in [5, 5.41) is 20.7. The summed E-state index contributed by atoms with van der Waals surface area (Å²) >= 11 is 0. The van der Waals surface area contributed by atoms with E-state index in [1.54, 1.807) is 4.90 Å². The van der Waals surface area contributed by atoms with Gasteiger partial charge in [0.1, 0.15) is 0 Å². The molecular weight excluding hydrogens is 222 g/mol. The number of aliphatic hydroxyl groups is 2. The van der Waals surface area contributed by atoms with E-state index in [4.69, 9.17) is 4.74 Å². The van der Waals surface area contributed by atoms with Crippen molar-refractivity contribution in [1.82, 2.24) is 4.90 Å². The van der Waals surface area contributed by atoms with E-state index >= 15 is 0 Å². The number of hydrogen-bond donors (Lipinski definition) is 2. The molecule has 2 heterocycles. The minimum absolute atomic E-state index is 0.0997. The first-order chi connectivity index (χ1) is 8.03. The van der Waals surface area contributed by atoms with Crippen molar-refractivity contribution in [3.8, 4) is 0 Å². The Morgan fingerprint density at radius 1 is 1.53 bits per heavy atom. The molecule has 17 heavy (non-hydrogen) atoms. The Labute approximate surface area is 101 Å². The Morgan fingerprint density at radius 2 is 2.12 bits per heavy atom. The van der Waals surface area contributed by atoms with E-state index < -0.39 is 23.8 Å². The molecule has 2 bridgehead atoms. The van der Waals surface area contributed by atoms with Gasteiger partial charge in [0.15, 0.2) is 0 Å². The fourth-order valence-electron chi connectivity index (χ4n) is 3.30. The fraction of sp³-hybridized carbons (Fsp3) is 0.917. The largest absolute Gasteiger partial charge is 0.453 e.